The van der Waals surface area contributed by atoms with Crippen molar-refractivity contribution in [3.05, 3.63) is 104 Å². The molecule has 3 aromatic carbocycles. The average molecular weight is 453 g/mol. The molecule has 3 aromatic rings. The Bertz CT molecular complexity index is 783. The second-order valence-corrected chi connectivity index (χ2v) is 9.38. The third-order valence-electron chi connectivity index (χ3n) is 2.88. The topological polar surface area (TPSA) is 54.4 Å². The molecular formula is C19H18IO3S+. The largest absolute Gasteiger partial charge is 0.357 e. The summed E-state index contributed by atoms with van der Waals surface area (Å²) in [6.07, 6.45) is 0. The summed E-state index contributed by atoms with van der Waals surface area (Å²) in [6.45, 7) is 0. The van der Waals surface area contributed by atoms with E-state index in [-0.39, 0.29) is 27.0 Å². The number of hydrogen-bond acceptors (Lipinski definition) is 2. The van der Waals surface area contributed by atoms with Gasteiger partial charge in [-0.25, -0.2) is 0 Å². The Hall–Kier alpha value is -1.70. The minimum atomic E-state index is -3.88. The fourth-order valence-corrected chi connectivity index (χ4v) is 4.75. The maximum atomic E-state index is 10.4. The summed E-state index contributed by atoms with van der Waals surface area (Å²) in [5.41, 5.74) is 0.593. The highest BCUT2D eigenvalue weighted by atomic mass is 127. The van der Waals surface area contributed by atoms with Crippen LogP contribution >= 0.6 is 0 Å². The molecule has 0 bridgehead atoms. The van der Waals surface area contributed by atoms with Crippen molar-refractivity contribution in [2.45, 2.75) is 5.75 Å². The maximum Gasteiger partial charge on any atom is 0.357 e. The minimum Gasteiger partial charge on any atom is -0.285 e. The fraction of sp³-hybridized carbons (Fsp3) is 0.0526. The van der Waals surface area contributed by atoms with Crippen molar-refractivity contribution in [1.82, 2.24) is 0 Å². The molecule has 0 amide bonds. The van der Waals surface area contributed by atoms with Gasteiger partial charge in [0.05, 0.1) is 0 Å². The lowest BCUT2D eigenvalue weighted by Gasteiger charge is -1.95. The first-order valence-corrected chi connectivity index (χ1v) is 11.0. The van der Waals surface area contributed by atoms with E-state index in [4.69, 9.17) is 4.55 Å². The highest BCUT2D eigenvalue weighted by Crippen LogP contribution is 2.02. The Balaban J connectivity index is 0.000000177. The van der Waals surface area contributed by atoms with Gasteiger partial charge in [-0.2, -0.15) is 8.42 Å². The summed E-state index contributed by atoms with van der Waals surface area (Å²) in [5.74, 6) is -0.312. The molecule has 0 fully saturated rings. The van der Waals surface area contributed by atoms with Gasteiger partial charge in [0, 0.05) is 0 Å². The van der Waals surface area contributed by atoms with Gasteiger partial charge in [-0.15, -0.1) is 0 Å². The van der Waals surface area contributed by atoms with Gasteiger partial charge >= 0.3 is 21.2 Å². The Morgan fingerprint density at radius 1 is 0.667 bits per heavy atom. The molecule has 0 heterocycles. The van der Waals surface area contributed by atoms with E-state index in [0.717, 1.165) is 0 Å². The molecule has 0 aliphatic carbocycles. The monoisotopic (exact) mass is 453 g/mol. The van der Waals surface area contributed by atoms with Crippen LogP contribution in [-0.2, 0) is 15.9 Å². The second kappa shape index (κ2) is 9.56. The summed E-state index contributed by atoms with van der Waals surface area (Å²) < 4.78 is 32.1. The summed E-state index contributed by atoms with van der Waals surface area (Å²) >= 11 is 0.0287. The second-order valence-electron chi connectivity index (χ2n) is 4.90. The smallest absolute Gasteiger partial charge is 0.285 e. The quantitative estimate of drug-likeness (QED) is 0.472. The molecule has 0 saturated heterocycles. The highest BCUT2D eigenvalue weighted by molar-refractivity contribution is 7.85. The minimum absolute atomic E-state index is 0.0287. The van der Waals surface area contributed by atoms with E-state index < -0.39 is 10.1 Å². The van der Waals surface area contributed by atoms with E-state index in [0.29, 0.717) is 5.56 Å². The van der Waals surface area contributed by atoms with E-state index in [1.165, 1.54) is 7.14 Å². The van der Waals surface area contributed by atoms with Crippen LogP contribution in [0.4, 0.5) is 0 Å². The Morgan fingerprint density at radius 3 is 1.42 bits per heavy atom. The first kappa shape index (κ1) is 18.6. The predicted molar refractivity (Wildman–Crippen MR) is 92.0 cm³/mol. The summed E-state index contributed by atoms with van der Waals surface area (Å²) in [4.78, 5) is 0. The van der Waals surface area contributed by atoms with Gasteiger partial charge in [0.1, 0.15) is 5.75 Å². The van der Waals surface area contributed by atoms with Crippen molar-refractivity contribution < 1.29 is 34.2 Å². The van der Waals surface area contributed by atoms with Crippen LogP contribution in [0.15, 0.2) is 91.0 Å². The van der Waals surface area contributed by atoms with Crippen LogP contribution in [0.2, 0.25) is 0 Å². The molecule has 3 nitrogen and oxygen atoms in total. The zero-order chi connectivity index (χ0) is 17.3. The zero-order valence-electron chi connectivity index (χ0n) is 12.9. The molecule has 124 valence electrons. The summed E-state index contributed by atoms with van der Waals surface area (Å²) in [5, 5.41) is 0. The lowest BCUT2D eigenvalue weighted by atomic mass is 10.2. The molecule has 0 radical (unpaired) electrons. The lowest BCUT2D eigenvalue weighted by Crippen LogP contribution is -3.61. The first-order chi connectivity index (χ1) is 11.5. The van der Waals surface area contributed by atoms with Gasteiger partial charge < -0.3 is 0 Å². The Kier molecular flexibility index (Phi) is 7.42. The molecule has 0 atom stereocenters. The normalized spacial score (nSPS) is 10.5. The van der Waals surface area contributed by atoms with Crippen LogP contribution in [0, 0.1) is 7.14 Å². The van der Waals surface area contributed by atoms with Crippen molar-refractivity contribution in [2.24, 2.45) is 0 Å². The Labute approximate surface area is 153 Å². The van der Waals surface area contributed by atoms with Gasteiger partial charge in [-0.1, -0.05) is 66.7 Å². The lowest BCUT2D eigenvalue weighted by molar-refractivity contribution is -0.597. The van der Waals surface area contributed by atoms with E-state index in [9.17, 15) is 8.42 Å². The summed E-state index contributed by atoms with van der Waals surface area (Å²) in [6, 6.07) is 29.9. The summed E-state index contributed by atoms with van der Waals surface area (Å²) in [7, 11) is -3.88. The van der Waals surface area contributed by atoms with Crippen molar-refractivity contribution >= 4 is 10.1 Å². The SMILES string of the molecule is O=S(=O)(O)Cc1ccccc1.c1ccc([I+]c2ccccc2)cc1. The van der Waals surface area contributed by atoms with Crippen LogP contribution in [-0.4, -0.2) is 13.0 Å². The zero-order valence-corrected chi connectivity index (χ0v) is 15.9. The molecule has 0 aliphatic rings. The van der Waals surface area contributed by atoms with Crippen molar-refractivity contribution in [3.8, 4) is 0 Å². The number of benzene rings is 3. The van der Waals surface area contributed by atoms with Crippen LogP contribution in [0.5, 0.6) is 0 Å². The molecule has 0 aliphatic heterocycles. The molecule has 0 spiro atoms. The predicted octanol–water partition coefficient (Wildman–Crippen LogP) is 0.889. The molecule has 0 aromatic heterocycles. The van der Waals surface area contributed by atoms with Crippen LogP contribution in [0.1, 0.15) is 5.56 Å². The number of halogens is 1. The van der Waals surface area contributed by atoms with E-state index >= 15 is 0 Å². The Morgan fingerprint density at radius 2 is 1.04 bits per heavy atom. The van der Waals surface area contributed by atoms with Crippen LogP contribution < -0.4 is 21.2 Å². The average Bonchev–Trinajstić information content (AvgIpc) is 2.57. The van der Waals surface area contributed by atoms with Gasteiger partial charge in [-0.05, 0) is 29.8 Å². The molecular weight excluding hydrogens is 435 g/mol. The maximum absolute atomic E-state index is 10.4. The van der Waals surface area contributed by atoms with Crippen LogP contribution in [0.25, 0.3) is 0 Å². The molecule has 0 saturated carbocycles. The third kappa shape index (κ3) is 7.72. The number of rotatable bonds is 4. The third-order valence-corrected chi connectivity index (χ3v) is 6.26. The van der Waals surface area contributed by atoms with E-state index in [2.05, 4.69) is 60.7 Å². The molecule has 3 rings (SSSR count). The van der Waals surface area contributed by atoms with E-state index in [1.54, 1.807) is 30.3 Å². The molecule has 24 heavy (non-hydrogen) atoms. The first-order valence-electron chi connectivity index (χ1n) is 7.27. The standard InChI is InChI=1S/C12H10I.C7H8O3S/c1-3-7-11(8-4-1)13-12-9-5-2-6-10-12;8-11(9,10)6-7-4-2-1-3-5-7/h1-10H;1-5H,6H2,(H,8,9,10)/q+1;. The van der Waals surface area contributed by atoms with Crippen molar-refractivity contribution in [1.29, 1.82) is 0 Å². The fourth-order valence-electron chi connectivity index (χ4n) is 1.87. The number of hydrogen-bond donors (Lipinski definition) is 1. The molecule has 1 N–H and O–H groups in total. The van der Waals surface area contributed by atoms with Crippen molar-refractivity contribution in [2.75, 3.05) is 0 Å². The van der Waals surface area contributed by atoms with E-state index in [1.807, 2.05) is 0 Å². The highest BCUT2D eigenvalue weighted by Gasteiger charge is 2.12. The van der Waals surface area contributed by atoms with Gasteiger partial charge in [0.25, 0.3) is 10.1 Å². The van der Waals surface area contributed by atoms with Crippen molar-refractivity contribution in [3.63, 3.8) is 0 Å². The molecule has 5 heteroatoms. The van der Waals surface area contributed by atoms with Crippen LogP contribution in [0.3, 0.4) is 0 Å². The molecule has 0 unspecified atom stereocenters. The van der Waals surface area contributed by atoms with Gasteiger partial charge in [-0.3, -0.25) is 4.55 Å². The van der Waals surface area contributed by atoms with Gasteiger partial charge in [0.2, 0.25) is 0 Å². The van der Waals surface area contributed by atoms with Gasteiger partial charge in [0.15, 0.2) is 7.14 Å².